The number of aryl methyl sites for hydroxylation is 1. The van der Waals surface area contributed by atoms with Gasteiger partial charge in [0.25, 0.3) is 0 Å². The Hall–Kier alpha value is -0.520. The van der Waals surface area contributed by atoms with Crippen LogP contribution in [-0.2, 0) is 6.54 Å². The maximum atomic E-state index is 5.60. The zero-order valence-corrected chi connectivity index (χ0v) is 11.7. The van der Waals surface area contributed by atoms with Crippen LogP contribution < -0.4 is 5.73 Å². The number of hydrogen-bond donors (Lipinski definition) is 1. The molecular formula is C11H19N3S2. The van der Waals surface area contributed by atoms with E-state index in [1.165, 1.54) is 0 Å². The molecule has 0 aliphatic carbocycles. The second-order valence-corrected chi connectivity index (χ2v) is 5.59. The van der Waals surface area contributed by atoms with Crippen LogP contribution in [0.2, 0.25) is 0 Å². The first kappa shape index (κ1) is 13.5. The summed E-state index contributed by atoms with van der Waals surface area (Å²) in [6, 6.07) is 0.416. The lowest BCUT2D eigenvalue weighted by atomic mass is 10.1. The molecule has 16 heavy (non-hydrogen) atoms. The molecule has 1 aromatic heterocycles. The molecular weight excluding hydrogens is 238 g/mol. The zero-order valence-electron chi connectivity index (χ0n) is 10.1. The van der Waals surface area contributed by atoms with Gasteiger partial charge in [0.05, 0.1) is 15.7 Å². The Balaban J connectivity index is 2.55. The highest BCUT2D eigenvalue weighted by molar-refractivity contribution is 7.80. The molecule has 0 saturated heterocycles. The quantitative estimate of drug-likeness (QED) is 0.794. The summed E-state index contributed by atoms with van der Waals surface area (Å²) >= 11 is 6.65. The van der Waals surface area contributed by atoms with Gasteiger partial charge < -0.3 is 5.73 Å². The number of hydrogen-bond acceptors (Lipinski definition) is 4. The maximum Gasteiger partial charge on any atom is 0.0897 e. The summed E-state index contributed by atoms with van der Waals surface area (Å²) in [6.07, 6.45) is 1.84. The number of rotatable bonds is 6. The van der Waals surface area contributed by atoms with Gasteiger partial charge in [0.15, 0.2) is 0 Å². The molecule has 0 amide bonds. The summed E-state index contributed by atoms with van der Waals surface area (Å²) in [7, 11) is 2.10. The highest BCUT2D eigenvalue weighted by Crippen LogP contribution is 2.14. The number of nitrogens with zero attached hydrogens (tertiary/aromatic N) is 2. The van der Waals surface area contributed by atoms with Gasteiger partial charge in [0.2, 0.25) is 0 Å². The first-order chi connectivity index (χ1) is 7.52. The second kappa shape index (κ2) is 6.27. The molecule has 0 bridgehead atoms. The molecule has 2 N–H and O–H groups in total. The van der Waals surface area contributed by atoms with Crippen LogP contribution in [0.5, 0.6) is 0 Å². The largest absolute Gasteiger partial charge is 0.393 e. The first-order valence-electron chi connectivity index (χ1n) is 5.42. The lowest BCUT2D eigenvalue weighted by Crippen LogP contribution is -2.34. The number of aromatic nitrogens is 1. The Morgan fingerprint density at radius 1 is 1.69 bits per heavy atom. The molecule has 90 valence electrons. The Bertz CT molecular complexity index is 349. The van der Waals surface area contributed by atoms with Crippen molar-refractivity contribution < 1.29 is 0 Å². The molecule has 3 nitrogen and oxygen atoms in total. The van der Waals surface area contributed by atoms with Gasteiger partial charge in [-0.05, 0) is 20.4 Å². The SMILES string of the molecule is CCC(CC(N)=S)N(C)Cc1csc(C)n1. The van der Waals surface area contributed by atoms with Gasteiger partial charge in [-0.25, -0.2) is 4.98 Å². The molecule has 0 aromatic carbocycles. The molecule has 5 heteroatoms. The monoisotopic (exact) mass is 257 g/mol. The summed E-state index contributed by atoms with van der Waals surface area (Å²) in [5.74, 6) is 0. The van der Waals surface area contributed by atoms with Crippen LogP contribution in [0.1, 0.15) is 30.5 Å². The fraction of sp³-hybridized carbons (Fsp3) is 0.636. The minimum Gasteiger partial charge on any atom is -0.393 e. The van der Waals surface area contributed by atoms with E-state index in [1.54, 1.807) is 11.3 Å². The summed E-state index contributed by atoms with van der Waals surface area (Å²) in [5, 5.41) is 3.23. The van der Waals surface area contributed by atoms with Crippen molar-refractivity contribution in [3.8, 4) is 0 Å². The minimum atomic E-state index is 0.416. The molecule has 1 aromatic rings. The van der Waals surface area contributed by atoms with Crippen LogP contribution in [0.25, 0.3) is 0 Å². The van der Waals surface area contributed by atoms with Gasteiger partial charge >= 0.3 is 0 Å². The number of thiazole rings is 1. The Morgan fingerprint density at radius 2 is 2.38 bits per heavy atom. The first-order valence-corrected chi connectivity index (χ1v) is 6.71. The molecule has 0 radical (unpaired) electrons. The molecule has 1 unspecified atom stereocenters. The zero-order chi connectivity index (χ0) is 12.1. The predicted octanol–water partition coefficient (Wildman–Crippen LogP) is 2.34. The van der Waals surface area contributed by atoms with E-state index in [0.717, 1.165) is 30.1 Å². The molecule has 0 saturated carbocycles. The van der Waals surface area contributed by atoms with Crippen LogP contribution in [0.4, 0.5) is 0 Å². The maximum absolute atomic E-state index is 5.60. The third-order valence-corrected chi connectivity index (χ3v) is 3.60. The van der Waals surface area contributed by atoms with Crippen LogP contribution in [0.3, 0.4) is 0 Å². The normalized spacial score (nSPS) is 13.0. The van der Waals surface area contributed by atoms with Crippen molar-refractivity contribution in [1.29, 1.82) is 0 Å². The number of thiocarbonyl (C=S) groups is 1. The van der Waals surface area contributed by atoms with Crippen molar-refractivity contribution >= 4 is 28.5 Å². The summed E-state index contributed by atoms with van der Waals surface area (Å²) < 4.78 is 0. The van der Waals surface area contributed by atoms with E-state index in [-0.39, 0.29) is 0 Å². The summed E-state index contributed by atoms with van der Waals surface area (Å²) in [4.78, 5) is 7.32. The third-order valence-electron chi connectivity index (χ3n) is 2.61. The molecule has 1 rings (SSSR count). The molecule has 0 aliphatic rings. The third kappa shape index (κ3) is 4.15. The fourth-order valence-corrected chi connectivity index (χ4v) is 2.51. The average molecular weight is 257 g/mol. The summed E-state index contributed by atoms with van der Waals surface area (Å²) in [5.41, 5.74) is 6.73. The topological polar surface area (TPSA) is 42.1 Å². The van der Waals surface area contributed by atoms with E-state index in [9.17, 15) is 0 Å². The highest BCUT2D eigenvalue weighted by atomic mass is 32.1. The van der Waals surface area contributed by atoms with E-state index in [1.807, 2.05) is 6.92 Å². The van der Waals surface area contributed by atoms with Crippen molar-refractivity contribution in [1.82, 2.24) is 9.88 Å². The van der Waals surface area contributed by atoms with Crippen LogP contribution >= 0.6 is 23.6 Å². The van der Waals surface area contributed by atoms with Crippen molar-refractivity contribution in [3.05, 3.63) is 16.1 Å². The smallest absolute Gasteiger partial charge is 0.0897 e. The summed E-state index contributed by atoms with van der Waals surface area (Å²) in [6.45, 7) is 5.05. The average Bonchev–Trinajstić information content (AvgIpc) is 2.60. The van der Waals surface area contributed by atoms with Gasteiger partial charge in [-0.3, -0.25) is 4.90 Å². The lowest BCUT2D eigenvalue weighted by Gasteiger charge is -2.25. The van der Waals surface area contributed by atoms with Crippen LogP contribution in [-0.4, -0.2) is 28.0 Å². The standard InChI is InChI=1S/C11H19N3S2/c1-4-10(5-11(12)15)14(3)6-9-7-16-8(2)13-9/h7,10H,4-6H2,1-3H3,(H2,12,15). The van der Waals surface area contributed by atoms with Gasteiger partial charge in [0.1, 0.15) is 0 Å². The fourth-order valence-electron chi connectivity index (χ4n) is 1.71. The van der Waals surface area contributed by atoms with Gasteiger partial charge in [-0.2, -0.15) is 0 Å². The molecule has 0 fully saturated rings. The highest BCUT2D eigenvalue weighted by Gasteiger charge is 2.14. The van der Waals surface area contributed by atoms with E-state index in [4.69, 9.17) is 18.0 Å². The second-order valence-electron chi connectivity index (χ2n) is 4.01. The van der Waals surface area contributed by atoms with Crippen molar-refractivity contribution in [2.24, 2.45) is 5.73 Å². The van der Waals surface area contributed by atoms with Crippen molar-refractivity contribution in [2.75, 3.05) is 7.05 Å². The van der Waals surface area contributed by atoms with Gasteiger partial charge in [-0.15, -0.1) is 11.3 Å². The molecule has 1 heterocycles. The van der Waals surface area contributed by atoms with Gasteiger partial charge in [0, 0.05) is 24.4 Å². The molecule has 0 spiro atoms. The minimum absolute atomic E-state index is 0.416. The predicted molar refractivity (Wildman–Crippen MR) is 73.8 cm³/mol. The van der Waals surface area contributed by atoms with Crippen molar-refractivity contribution in [3.63, 3.8) is 0 Å². The van der Waals surface area contributed by atoms with E-state index in [2.05, 4.69) is 29.2 Å². The van der Waals surface area contributed by atoms with E-state index < -0.39 is 0 Å². The molecule has 1 atom stereocenters. The van der Waals surface area contributed by atoms with Gasteiger partial charge in [-0.1, -0.05) is 19.1 Å². The van der Waals surface area contributed by atoms with Crippen molar-refractivity contribution in [2.45, 2.75) is 39.3 Å². The molecule has 0 aliphatic heterocycles. The van der Waals surface area contributed by atoms with Crippen LogP contribution in [0.15, 0.2) is 5.38 Å². The Morgan fingerprint density at radius 3 is 2.81 bits per heavy atom. The Labute approximate surface area is 107 Å². The lowest BCUT2D eigenvalue weighted by molar-refractivity contribution is 0.231. The van der Waals surface area contributed by atoms with E-state index >= 15 is 0 Å². The van der Waals surface area contributed by atoms with E-state index in [0.29, 0.717) is 11.0 Å². The number of nitrogens with two attached hydrogens (primary N) is 1. The Kier molecular flexibility index (Phi) is 5.31. The van der Waals surface area contributed by atoms with Crippen LogP contribution in [0, 0.1) is 6.92 Å².